The first-order valence-corrected chi connectivity index (χ1v) is 8.22. The van der Waals surface area contributed by atoms with Crippen molar-refractivity contribution in [2.45, 2.75) is 20.0 Å². The molecule has 1 unspecified atom stereocenters. The van der Waals surface area contributed by atoms with Crippen molar-refractivity contribution in [2.75, 3.05) is 5.32 Å². The summed E-state index contributed by atoms with van der Waals surface area (Å²) in [6.07, 6.45) is -1.03. The summed E-state index contributed by atoms with van der Waals surface area (Å²) in [5.41, 5.74) is 0.353. The van der Waals surface area contributed by atoms with Gasteiger partial charge in [0.1, 0.15) is 15.9 Å². The number of ketones is 1. The Morgan fingerprint density at radius 2 is 1.96 bits per heavy atom. The van der Waals surface area contributed by atoms with Crippen molar-refractivity contribution in [2.24, 2.45) is 0 Å². The molecule has 0 spiro atoms. The Bertz CT molecular complexity index is 801. The van der Waals surface area contributed by atoms with Crippen LogP contribution in [-0.2, 0) is 9.53 Å². The predicted octanol–water partition coefficient (Wildman–Crippen LogP) is 3.07. The summed E-state index contributed by atoms with van der Waals surface area (Å²) < 4.78 is 5.08. The Kier molecular flexibility index (Phi) is 5.26. The second-order valence-electron chi connectivity index (χ2n) is 4.53. The van der Waals surface area contributed by atoms with Crippen LogP contribution in [0.5, 0.6) is 0 Å². The van der Waals surface area contributed by atoms with E-state index in [1.807, 2.05) is 6.07 Å². The van der Waals surface area contributed by atoms with E-state index < -0.39 is 18.0 Å². The maximum atomic E-state index is 12.0. The molecule has 2 rings (SSSR count). The van der Waals surface area contributed by atoms with E-state index in [-0.39, 0.29) is 10.7 Å². The van der Waals surface area contributed by atoms with Crippen LogP contribution < -0.4 is 5.32 Å². The lowest BCUT2D eigenvalue weighted by atomic mass is 10.3. The number of esters is 1. The van der Waals surface area contributed by atoms with Crippen molar-refractivity contribution in [3.8, 4) is 6.07 Å². The summed E-state index contributed by atoms with van der Waals surface area (Å²) in [5.74, 6) is -1.33. The number of Topliss-reactive ketones (excluding diaryl/α,β-unsaturated/α-hetero) is 1. The monoisotopic (exact) mass is 348 g/mol. The summed E-state index contributed by atoms with van der Waals surface area (Å²) in [6.45, 7) is 2.84. The molecular weight excluding hydrogens is 336 g/mol. The minimum absolute atomic E-state index is 0.137. The van der Waals surface area contributed by atoms with Gasteiger partial charge in [-0.25, -0.2) is 4.79 Å². The second kappa shape index (κ2) is 7.17. The van der Waals surface area contributed by atoms with Gasteiger partial charge in [-0.3, -0.25) is 9.59 Å². The van der Waals surface area contributed by atoms with Gasteiger partial charge in [0.25, 0.3) is 5.91 Å². The van der Waals surface area contributed by atoms with Gasteiger partial charge >= 0.3 is 5.97 Å². The third-order valence-electron chi connectivity index (χ3n) is 2.83. The third kappa shape index (κ3) is 4.03. The molecule has 0 radical (unpaired) electrons. The smallest absolute Gasteiger partial charge is 0.349 e. The van der Waals surface area contributed by atoms with Crippen LogP contribution >= 0.6 is 22.7 Å². The Hall–Kier alpha value is -2.50. The van der Waals surface area contributed by atoms with E-state index in [2.05, 4.69) is 5.32 Å². The first kappa shape index (κ1) is 16.9. The molecule has 8 heteroatoms. The number of nitrogens with one attached hydrogen (secondary N) is 1. The number of ether oxygens (including phenoxy) is 1. The van der Waals surface area contributed by atoms with Crippen molar-refractivity contribution < 1.29 is 19.1 Å². The molecule has 0 aliphatic carbocycles. The van der Waals surface area contributed by atoms with Crippen LogP contribution in [0.15, 0.2) is 23.6 Å². The summed E-state index contributed by atoms with van der Waals surface area (Å²) >= 11 is 2.23. The van der Waals surface area contributed by atoms with E-state index in [0.29, 0.717) is 15.4 Å². The van der Waals surface area contributed by atoms with E-state index in [1.165, 1.54) is 31.3 Å². The van der Waals surface area contributed by atoms with Crippen molar-refractivity contribution in [3.05, 3.63) is 38.9 Å². The molecule has 0 bridgehead atoms. The van der Waals surface area contributed by atoms with Gasteiger partial charge in [-0.2, -0.15) is 5.26 Å². The summed E-state index contributed by atoms with van der Waals surface area (Å²) in [7, 11) is 0. The van der Waals surface area contributed by atoms with Crippen molar-refractivity contribution >= 4 is 45.3 Å². The second-order valence-corrected chi connectivity index (χ2v) is 6.53. The maximum absolute atomic E-state index is 12.0. The summed E-state index contributed by atoms with van der Waals surface area (Å²) in [5, 5.41) is 13.5. The fourth-order valence-corrected chi connectivity index (χ4v) is 3.14. The average molecular weight is 348 g/mol. The standard InChI is InChI=1S/C15H12N2O4S2/c1-8(18)11-3-4-12(23-11)15(20)21-9(2)13(19)17-14-10(7-16)5-6-22-14/h3-6,9H,1-2H3,(H,17,19). The van der Waals surface area contributed by atoms with Crippen molar-refractivity contribution in [3.63, 3.8) is 0 Å². The first-order valence-electron chi connectivity index (χ1n) is 6.52. The summed E-state index contributed by atoms with van der Waals surface area (Å²) in [6, 6.07) is 6.58. The van der Waals surface area contributed by atoms with Crippen LogP contribution in [0.25, 0.3) is 0 Å². The van der Waals surface area contributed by atoms with Gasteiger partial charge in [0, 0.05) is 0 Å². The lowest BCUT2D eigenvalue weighted by molar-refractivity contribution is -0.123. The summed E-state index contributed by atoms with van der Waals surface area (Å²) in [4.78, 5) is 35.9. The molecule has 1 N–H and O–H groups in total. The van der Waals surface area contributed by atoms with Gasteiger partial charge in [-0.15, -0.1) is 22.7 Å². The molecule has 0 fully saturated rings. The van der Waals surface area contributed by atoms with Crippen LogP contribution in [0.3, 0.4) is 0 Å². The number of carbonyl (C=O) groups is 3. The van der Waals surface area contributed by atoms with Crippen LogP contribution in [0.4, 0.5) is 5.00 Å². The molecule has 118 valence electrons. The Labute approximate surface area is 140 Å². The van der Waals surface area contributed by atoms with Gasteiger partial charge in [0.05, 0.1) is 10.4 Å². The van der Waals surface area contributed by atoms with E-state index in [9.17, 15) is 14.4 Å². The topological polar surface area (TPSA) is 96.3 Å². The Morgan fingerprint density at radius 3 is 2.57 bits per heavy atom. The lowest BCUT2D eigenvalue weighted by Gasteiger charge is -2.12. The molecule has 2 aromatic heterocycles. The fourth-order valence-electron chi connectivity index (χ4n) is 1.62. The number of thiophene rings is 2. The molecule has 0 saturated carbocycles. The fraction of sp³-hybridized carbons (Fsp3) is 0.200. The number of hydrogen-bond acceptors (Lipinski definition) is 7. The van der Waals surface area contributed by atoms with Crippen LogP contribution in [0, 0.1) is 11.3 Å². The number of nitrogens with zero attached hydrogens (tertiary/aromatic N) is 1. The maximum Gasteiger partial charge on any atom is 0.349 e. The molecule has 0 aliphatic heterocycles. The van der Waals surface area contributed by atoms with E-state index in [1.54, 1.807) is 17.5 Å². The molecule has 0 saturated heterocycles. The largest absolute Gasteiger partial charge is 0.448 e. The molecule has 1 amide bonds. The van der Waals surface area contributed by atoms with Gasteiger partial charge in [-0.1, -0.05) is 0 Å². The number of anilines is 1. The zero-order chi connectivity index (χ0) is 17.0. The highest BCUT2D eigenvalue weighted by Gasteiger charge is 2.21. The first-order chi connectivity index (χ1) is 10.9. The molecular formula is C15H12N2O4S2. The number of hydrogen-bond donors (Lipinski definition) is 1. The quantitative estimate of drug-likeness (QED) is 0.662. The minimum Gasteiger partial charge on any atom is -0.448 e. The molecule has 2 heterocycles. The zero-order valence-corrected chi connectivity index (χ0v) is 13.9. The minimum atomic E-state index is -1.03. The van der Waals surface area contributed by atoms with Gasteiger partial charge in [-0.05, 0) is 37.4 Å². The molecule has 1 atom stereocenters. The van der Waals surface area contributed by atoms with E-state index >= 15 is 0 Å². The number of rotatable bonds is 5. The normalized spacial score (nSPS) is 11.3. The average Bonchev–Trinajstić information content (AvgIpc) is 3.15. The SMILES string of the molecule is CC(=O)c1ccc(C(=O)OC(C)C(=O)Nc2sccc2C#N)s1. The van der Waals surface area contributed by atoms with Gasteiger partial charge in [0.2, 0.25) is 0 Å². The van der Waals surface area contributed by atoms with E-state index in [4.69, 9.17) is 10.00 Å². The Balaban J connectivity index is 1.99. The lowest BCUT2D eigenvalue weighted by Crippen LogP contribution is -2.29. The highest BCUT2D eigenvalue weighted by Crippen LogP contribution is 2.23. The van der Waals surface area contributed by atoms with Crippen LogP contribution in [0.2, 0.25) is 0 Å². The van der Waals surface area contributed by atoms with Crippen LogP contribution in [-0.4, -0.2) is 23.8 Å². The molecule has 0 aliphatic rings. The Morgan fingerprint density at radius 1 is 1.26 bits per heavy atom. The zero-order valence-electron chi connectivity index (χ0n) is 12.3. The number of nitriles is 1. The van der Waals surface area contributed by atoms with Gasteiger partial charge in [0.15, 0.2) is 11.9 Å². The third-order valence-corrected chi connectivity index (χ3v) is 4.83. The number of carbonyl (C=O) groups excluding carboxylic acids is 3. The molecule has 0 aromatic carbocycles. The highest BCUT2D eigenvalue weighted by atomic mass is 32.1. The highest BCUT2D eigenvalue weighted by molar-refractivity contribution is 7.16. The van der Waals surface area contributed by atoms with E-state index in [0.717, 1.165) is 11.3 Å². The molecule has 23 heavy (non-hydrogen) atoms. The molecule has 6 nitrogen and oxygen atoms in total. The van der Waals surface area contributed by atoms with Crippen molar-refractivity contribution in [1.82, 2.24) is 0 Å². The predicted molar refractivity (Wildman–Crippen MR) is 86.9 cm³/mol. The number of amides is 1. The van der Waals surface area contributed by atoms with Crippen LogP contribution in [0.1, 0.15) is 38.8 Å². The van der Waals surface area contributed by atoms with Gasteiger partial charge < -0.3 is 10.1 Å². The van der Waals surface area contributed by atoms with Crippen molar-refractivity contribution in [1.29, 1.82) is 5.26 Å². The molecule has 2 aromatic rings.